The standard InChI is InChI=1S/C12H19NO4S/c1-2-18(16,17)12-6-4-3-5-11(12)13(7-9-14)8-10-15/h3-6,14-15H,2,7-10H2,1H3. The van der Waals surface area contributed by atoms with E-state index in [1.807, 2.05) is 0 Å². The van der Waals surface area contributed by atoms with Crippen molar-refractivity contribution in [2.24, 2.45) is 0 Å². The Kier molecular flexibility index (Phi) is 5.58. The van der Waals surface area contributed by atoms with Crippen molar-refractivity contribution in [3.05, 3.63) is 24.3 Å². The second kappa shape index (κ2) is 6.72. The average molecular weight is 273 g/mol. The van der Waals surface area contributed by atoms with Crippen molar-refractivity contribution >= 4 is 15.5 Å². The summed E-state index contributed by atoms with van der Waals surface area (Å²) >= 11 is 0. The first-order valence-electron chi connectivity index (χ1n) is 5.85. The van der Waals surface area contributed by atoms with Crippen molar-refractivity contribution in [1.82, 2.24) is 0 Å². The van der Waals surface area contributed by atoms with Gasteiger partial charge in [-0.2, -0.15) is 0 Å². The Bertz CT molecular complexity index is 467. The van der Waals surface area contributed by atoms with Crippen LogP contribution in [-0.2, 0) is 9.84 Å². The number of benzene rings is 1. The predicted octanol–water partition coefficient (Wildman–Crippen LogP) is 0.271. The summed E-state index contributed by atoms with van der Waals surface area (Å²) in [5.41, 5.74) is 0.530. The molecule has 0 aromatic heterocycles. The van der Waals surface area contributed by atoms with E-state index in [4.69, 9.17) is 10.2 Å². The van der Waals surface area contributed by atoms with Crippen LogP contribution in [0.4, 0.5) is 5.69 Å². The minimum atomic E-state index is -3.32. The van der Waals surface area contributed by atoms with Crippen LogP contribution < -0.4 is 4.90 Å². The largest absolute Gasteiger partial charge is 0.395 e. The molecule has 0 atom stereocenters. The fraction of sp³-hybridized carbons (Fsp3) is 0.500. The fourth-order valence-corrected chi connectivity index (χ4v) is 2.84. The number of nitrogens with zero attached hydrogens (tertiary/aromatic N) is 1. The van der Waals surface area contributed by atoms with Crippen molar-refractivity contribution < 1.29 is 18.6 Å². The first kappa shape index (κ1) is 14.9. The van der Waals surface area contributed by atoms with Gasteiger partial charge in [0.1, 0.15) is 0 Å². The van der Waals surface area contributed by atoms with Crippen LogP contribution in [0.5, 0.6) is 0 Å². The van der Waals surface area contributed by atoms with Crippen LogP contribution in [-0.4, -0.2) is 50.7 Å². The van der Waals surface area contributed by atoms with Gasteiger partial charge in [0.2, 0.25) is 0 Å². The zero-order chi connectivity index (χ0) is 13.6. The van der Waals surface area contributed by atoms with Crippen LogP contribution in [0, 0.1) is 0 Å². The van der Waals surface area contributed by atoms with Crippen LogP contribution in [0.15, 0.2) is 29.2 Å². The number of para-hydroxylation sites is 1. The van der Waals surface area contributed by atoms with Gasteiger partial charge in [-0.05, 0) is 12.1 Å². The number of anilines is 1. The van der Waals surface area contributed by atoms with Crippen molar-refractivity contribution in [3.63, 3.8) is 0 Å². The lowest BCUT2D eigenvalue weighted by molar-refractivity contribution is 0.281. The molecule has 0 heterocycles. The normalized spacial score (nSPS) is 11.5. The number of rotatable bonds is 7. The summed E-state index contributed by atoms with van der Waals surface area (Å²) in [6.07, 6.45) is 0. The molecule has 2 N–H and O–H groups in total. The Morgan fingerprint density at radius 3 is 2.17 bits per heavy atom. The summed E-state index contributed by atoms with van der Waals surface area (Å²) in [6.45, 7) is 1.98. The molecule has 0 radical (unpaired) electrons. The molecule has 102 valence electrons. The van der Waals surface area contributed by atoms with Crippen molar-refractivity contribution in [3.8, 4) is 0 Å². The Balaban J connectivity index is 3.22. The molecule has 0 saturated carbocycles. The van der Waals surface area contributed by atoms with Gasteiger partial charge < -0.3 is 15.1 Å². The third-order valence-corrected chi connectivity index (χ3v) is 4.44. The molecule has 0 aliphatic carbocycles. The minimum Gasteiger partial charge on any atom is -0.395 e. The third-order valence-electron chi connectivity index (χ3n) is 2.66. The molecule has 0 amide bonds. The van der Waals surface area contributed by atoms with Crippen LogP contribution in [0.25, 0.3) is 0 Å². The maximum atomic E-state index is 12.0. The Morgan fingerprint density at radius 2 is 1.67 bits per heavy atom. The van der Waals surface area contributed by atoms with Crippen molar-refractivity contribution in [2.75, 3.05) is 37.0 Å². The SMILES string of the molecule is CCS(=O)(=O)c1ccccc1N(CCO)CCO. The summed E-state index contributed by atoms with van der Waals surface area (Å²) in [4.78, 5) is 1.91. The summed E-state index contributed by atoms with van der Waals surface area (Å²) in [5.74, 6) is 0.0239. The fourth-order valence-electron chi connectivity index (χ4n) is 1.73. The second-order valence-corrected chi connectivity index (χ2v) is 6.05. The van der Waals surface area contributed by atoms with Crippen LogP contribution in [0.2, 0.25) is 0 Å². The third kappa shape index (κ3) is 3.44. The van der Waals surface area contributed by atoms with E-state index in [-0.39, 0.29) is 37.0 Å². The molecule has 0 bridgehead atoms. The summed E-state index contributed by atoms with van der Waals surface area (Å²) in [5, 5.41) is 18.0. The molecule has 0 aliphatic heterocycles. The molecule has 0 aliphatic rings. The lowest BCUT2D eigenvalue weighted by Crippen LogP contribution is -2.31. The van der Waals surface area contributed by atoms with E-state index in [0.29, 0.717) is 5.69 Å². The highest BCUT2D eigenvalue weighted by atomic mass is 32.2. The van der Waals surface area contributed by atoms with Crippen molar-refractivity contribution in [2.45, 2.75) is 11.8 Å². The first-order valence-corrected chi connectivity index (χ1v) is 7.50. The zero-order valence-corrected chi connectivity index (χ0v) is 11.2. The molecule has 1 aromatic rings. The average Bonchev–Trinajstić information content (AvgIpc) is 2.38. The Hall–Kier alpha value is -1.11. The smallest absolute Gasteiger partial charge is 0.180 e. The summed E-state index contributed by atoms with van der Waals surface area (Å²) in [6, 6.07) is 6.65. The van der Waals surface area contributed by atoms with Gasteiger partial charge in [-0.15, -0.1) is 0 Å². The van der Waals surface area contributed by atoms with Gasteiger partial charge in [0.05, 0.1) is 29.5 Å². The Morgan fingerprint density at radius 1 is 1.11 bits per heavy atom. The summed E-state index contributed by atoms with van der Waals surface area (Å²) in [7, 11) is -3.32. The minimum absolute atomic E-state index is 0.0239. The molecule has 0 spiro atoms. The molecular weight excluding hydrogens is 254 g/mol. The van der Waals surface area contributed by atoms with Gasteiger partial charge >= 0.3 is 0 Å². The zero-order valence-electron chi connectivity index (χ0n) is 10.4. The van der Waals surface area contributed by atoms with Crippen LogP contribution >= 0.6 is 0 Å². The van der Waals surface area contributed by atoms with Crippen LogP contribution in [0.1, 0.15) is 6.92 Å². The molecule has 1 rings (SSSR count). The lowest BCUT2D eigenvalue weighted by Gasteiger charge is -2.25. The van der Waals surface area contributed by atoms with Gasteiger partial charge in [0.15, 0.2) is 9.84 Å². The van der Waals surface area contributed by atoms with Gasteiger partial charge in [-0.1, -0.05) is 19.1 Å². The topological polar surface area (TPSA) is 77.8 Å². The predicted molar refractivity (Wildman–Crippen MR) is 70.6 cm³/mol. The molecule has 0 fully saturated rings. The van der Waals surface area contributed by atoms with E-state index in [0.717, 1.165) is 0 Å². The van der Waals surface area contributed by atoms with Gasteiger partial charge in [0, 0.05) is 13.1 Å². The van der Waals surface area contributed by atoms with Gasteiger partial charge in [0.25, 0.3) is 0 Å². The number of aliphatic hydroxyl groups is 2. The van der Waals surface area contributed by atoms with Gasteiger partial charge in [-0.25, -0.2) is 8.42 Å². The Labute approximate surface area is 108 Å². The van der Waals surface area contributed by atoms with Crippen molar-refractivity contribution in [1.29, 1.82) is 0 Å². The number of aliphatic hydroxyl groups excluding tert-OH is 2. The quantitative estimate of drug-likeness (QED) is 0.745. The monoisotopic (exact) mass is 273 g/mol. The first-order chi connectivity index (χ1) is 8.56. The van der Waals surface area contributed by atoms with E-state index in [1.165, 1.54) is 0 Å². The molecule has 18 heavy (non-hydrogen) atoms. The summed E-state index contributed by atoms with van der Waals surface area (Å²) < 4.78 is 24.0. The number of sulfone groups is 1. The van der Waals surface area contributed by atoms with E-state index in [9.17, 15) is 8.42 Å². The number of hydrogen-bond acceptors (Lipinski definition) is 5. The molecular formula is C12H19NO4S. The van der Waals surface area contributed by atoms with E-state index in [1.54, 1.807) is 36.1 Å². The highest BCUT2D eigenvalue weighted by molar-refractivity contribution is 7.91. The molecule has 0 saturated heterocycles. The number of hydrogen-bond donors (Lipinski definition) is 2. The maximum Gasteiger partial charge on any atom is 0.180 e. The molecule has 5 nitrogen and oxygen atoms in total. The van der Waals surface area contributed by atoms with E-state index >= 15 is 0 Å². The van der Waals surface area contributed by atoms with Gasteiger partial charge in [-0.3, -0.25) is 0 Å². The molecule has 6 heteroatoms. The molecule has 1 aromatic carbocycles. The highest BCUT2D eigenvalue weighted by Gasteiger charge is 2.19. The second-order valence-electron chi connectivity index (χ2n) is 3.81. The molecule has 0 unspecified atom stereocenters. The van der Waals surface area contributed by atoms with E-state index < -0.39 is 9.84 Å². The van der Waals surface area contributed by atoms with E-state index in [2.05, 4.69) is 0 Å². The maximum absolute atomic E-state index is 12.0. The highest BCUT2D eigenvalue weighted by Crippen LogP contribution is 2.25. The van der Waals surface area contributed by atoms with Crippen LogP contribution in [0.3, 0.4) is 0 Å². The lowest BCUT2D eigenvalue weighted by atomic mass is 10.3.